The molecule has 0 aromatic heterocycles. The van der Waals surface area contributed by atoms with Crippen LogP contribution in [0, 0.1) is 81.6 Å². The summed E-state index contributed by atoms with van der Waals surface area (Å²) in [5.74, 6) is 0.565. The molecule has 0 saturated carbocycles. The van der Waals surface area contributed by atoms with Crippen molar-refractivity contribution in [1.29, 1.82) is 0 Å². The number of rotatable bonds is 0. The molecule has 0 aromatic rings. The molecule has 0 unspecified atom stereocenters. The second kappa shape index (κ2) is 27.1. The maximum Gasteiger partial charge on any atom is 3.00 e. The molecule has 29 heavy (non-hydrogen) atoms. The predicted molar refractivity (Wildman–Crippen MR) is 93.4 cm³/mol. The van der Waals surface area contributed by atoms with E-state index in [0.29, 0.717) is 5.82 Å². The van der Waals surface area contributed by atoms with E-state index >= 15 is 0 Å². The molecule has 0 aliphatic carbocycles. The maximum absolute atomic E-state index is 8.25. The first-order valence-electron chi connectivity index (χ1n) is 5.15. The van der Waals surface area contributed by atoms with Crippen LogP contribution in [-0.4, -0.2) is 27.2 Å². The minimum absolute atomic E-state index is 0. The molecule has 2 aliphatic rings. The van der Waals surface area contributed by atoms with Crippen molar-refractivity contribution in [1.82, 2.24) is 4.90 Å². The van der Waals surface area contributed by atoms with E-state index in [1.807, 2.05) is 36.5 Å². The SMILES string of the molecule is CN1C=CC(=C2N=NN=N2)C=C1.O=[N+]([O-])[O-].O=[N+]([O-])[O-].O=[N+]([O-])[O-].[La+3].[OH3+].[OH3+].[OH3+].[OH3+]. The number of hydrogen-bond donors (Lipinski definition) is 0. The largest absolute Gasteiger partial charge is 3.00 e. The Morgan fingerprint density at radius 2 is 0.966 bits per heavy atom. The Labute approximate surface area is 187 Å². The van der Waals surface area contributed by atoms with Gasteiger partial charge in [-0.1, -0.05) is 0 Å². The van der Waals surface area contributed by atoms with Crippen molar-refractivity contribution in [3.8, 4) is 0 Å². The van der Waals surface area contributed by atoms with E-state index in [9.17, 15) is 0 Å². The Balaban J connectivity index is -0.0000000495. The third-order valence-corrected chi connectivity index (χ3v) is 1.56. The molecular weight excluding hydrogens is 543 g/mol. The summed E-state index contributed by atoms with van der Waals surface area (Å²) in [5, 5.41) is 58.5. The molecule has 0 atom stereocenters. The van der Waals surface area contributed by atoms with Crippen molar-refractivity contribution in [2.24, 2.45) is 20.7 Å². The average molecular weight is 562 g/mol. The zero-order valence-corrected chi connectivity index (χ0v) is 18.1. The summed E-state index contributed by atoms with van der Waals surface area (Å²) in [7, 11) is 1.95. The molecule has 2 heterocycles. The Morgan fingerprint density at radius 3 is 1.21 bits per heavy atom. The van der Waals surface area contributed by atoms with E-state index in [0.717, 1.165) is 5.57 Å². The van der Waals surface area contributed by atoms with Gasteiger partial charge >= 0.3 is 35.6 Å². The van der Waals surface area contributed by atoms with Gasteiger partial charge in [-0.3, -0.25) is 0 Å². The van der Waals surface area contributed by atoms with Gasteiger partial charge < -0.3 is 72.8 Å². The summed E-state index contributed by atoms with van der Waals surface area (Å²) in [6.07, 6.45) is 7.68. The van der Waals surface area contributed by atoms with Crippen LogP contribution in [0.3, 0.4) is 0 Å². The van der Waals surface area contributed by atoms with Gasteiger partial charge in [-0.25, -0.2) is 0 Å². The van der Waals surface area contributed by atoms with Crippen molar-refractivity contribution in [3.05, 3.63) is 81.9 Å². The molecule has 0 amide bonds. The van der Waals surface area contributed by atoms with Crippen molar-refractivity contribution in [2.45, 2.75) is 0 Å². The molecule has 164 valence electrons. The second-order valence-corrected chi connectivity index (χ2v) is 3.13. The molecule has 22 heteroatoms. The van der Waals surface area contributed by atoms with Crippen LogP contribution in [-0.2, 0) is 21.9 Å². The minimum atomic E-state index is -1.75. The second-order valence-electron chi connectivity index (χ2n) is 3.13. The quantitative estimate of drug-likeness (QED) is 0.171. The van der Waals surface area contributed by atoms with Gasteiger partial charge in [-0.15, -0.1) is 10.2 Å². The van der Waals surface area contributed by atoms with E-state index in [4.69, 9.17) is 46.0 Å². The van der Waals surface area contributed by atoms with Crippen molar-refractivity contribution in [2.75, 3.05) is 7.05 Å². The normalized spacial score (nSPS) is 10.7. The average Bonchev–Trinajstić information content (AvgIpc) is 2.91. The van der Waals surface area contributed by atoms with Crippen LogP contribution in [0.15, 0.2) is 56.6 Å². The van der Waals surface area contributed by atoms with Crippen molar-refractivity contribution in [3.63, 3.8) is 0 Å². The minimum Gasteiger partial charge on any atom is -0.457 e. The third kappa shape index (κ3) is 40.7. The molecule has 0 radical (unpaired) electrons. The molecule has 0 spiro atoms. The molecular formula is C7H19LaN8O13+4. The molecule has 0 bridgehead atoms. The number of nitrogens with zero attached hydrogens (tertiary/aromatic N) is 8. The van der Waals surface area contributed by atoms with Gasteiger partial charge in [-0.05, 0) is 22.6 Å². The van der Waals surface area contributed by atoms with Crippen LogP contribution < -0.4 is 0 Å². The van der Waals surface area contributed by atoms with Gasteiger partial charge in [0.15, 0.2) is 0 Å². The third-order valence-electron chi connectivity index (χ3n) is 1.56. The van der Waals surface area contributed by atoms with Crippen LogP contribution >= 0.6 is 0 Å². The summed E-state index contributed by atoms with van der Waals surface area (Å²) in [4.78, 5) is 26.7. The topological polar surface area (TPSA) is 383 Å². The first-order chi connectivity index (χ1) is 11.1. The van der Waals surface area contributed by atoms with Gasteiger partial charge in [0.25, 0.3) is 0 Å². The van der Waals surface area contributed by atoms with Gasteiger partial charge in [0.05, 0.1) is 15.3 Å². The number of hydrogen-bond acceptors (Lipinski definition) is 14. The van der Waals surface area contributed by atoms with Crippen LogP contribution in [0.1, 0.15) is 0 Å². The van der Waals surface area contributed by atoms with Crippen molar-refractivity contribution >= 4 is 0 Å². The van der Waals surface area contributed by atoms with Gasteiger partial charge in [0, 0.05) is 25.0 Å². The van der Waals surface area contributed by atoms with E-state index in [2.05, 4.69) is 20.7 Å². The first-order valence-corrected chi connectivity index (χ1v) is 5.15. The molecule has 2 rings (SSSR count). The Bertz CT molecular complexity index is 535. The van der Waals surface area contributed by atoms with E-state index in [1.54, 1.807) is 0 Å². The summed E-state index contributed by atoms with van der Waals surface area (Å²) in [6, 6.07) is 0. The van der Waals surface area contributed by atoms with E-state index < -0.39 is 15.3 Å². The van der Waals surface area contributed by atoms with Crippen LogP contribution in [0.4, 0.5) is 0 Å². The molecule has 21 nitrogen and oxygen atoms in total. The molecule has 2 aliphatic heterocycles. The molecule has 0 aromatic carbocycles. The zero-order valence-electron chi connectivity index (χ0n) is 14.4. The zero-order chi connectivity index (χ0) is 19.1. The Kier molecular flexibility index (Phi) is 41.9. The van der Waals surface area contributed by atoms with Gasteiger partial charge in [0.1, 0.15) is 0 Å². The van der Waals surface area contributed by atoms with Crippen LogP contribution in [0.2, 0.25) is 0 Å². The predicted octanol–water partition coefficient (Wildman–Crippen LogP) is -2.40. The van der Waals surface area contributed by atoms with Gasteiger partial charge in [0.2, 0.25) is 5.82 Å². The summed E-state index contributed by atoms with van der Waals surface area (Å²) >= 11 is 0. The molecule has 0 saturated heterocycles. The Hall–Kier alpha value is -3.15. The molecule has 12 N–H and O–H groups in total. The van der Waals surface area contributed by atoms with E-state index in [-0.39, 0.29) is 57.5 Å². The fourth-order valence-electron chi connectivity index (χ4n) is 0.910. The Morgan fingerprint density at radius 1 is 0.724 bits per heavy atom. The fourth-order valence-corrected chi connectivity index (χ4v) is 0.910. The fraction of sp³-hybridized carbons (Fsp3) is 0.143. The smallest absolute Gasteiger partial charge is 0.457 e. The molecule has 0 fully saturated rings. The number of allylic oxidation sites excluding steroid dienone is 3. The van der Waals surface area contributed by atoms with Crippen molar-refractivity contribution < 1.29 is 72.8 Å². The standard InChI is InChI=1S/C7H7N5.La.3NO3.4H2O/c1-12-4-2-6(3-5-12)7-8-10-11-9-7;;3*2-1(3)4;;;;/h2-5H,1H3;;;;;4*1H2/q;+3;3*-1;;;;/p+4. The first kappa shape index (κ1) is 44.9. The summed E-state index contributed by atoms with van der Waals surface area (Å²) in [5.41, 5.74) is 0.929. The monoisotopic (exact) mass is 562 g/mol. The van der Waals surface area contributed by atoms with Crippen LogP contribution in [0.25, 0.3) is 0 Å². The summed E-state index contributed by atoms with van der Waals surface area (Å²) in [6.45, 7) is 0. The van der Waals surface area contributed by atoms with E-state index in [1.165, 1.54) is 0 Å². The maximum atomic E-state index is 8.25. The summed E-state index contributed by atoms with van der Waals surface area (Å²) < 4.78 is 0. The van der Waals surface area contributed by atoms with Crippen LogP contribution in [0.5, 0.6) is 0 Å². The van der Waals surface area contributed by atoms with Gasteiger partial charge in [-0.2, -0.15) is 0 Å².